The Hall–Kier alpha value is -0.540. The summed E-state index contributed by atoms with van der Waals surface area (Å²) in [7, 11) is -7.60. The predicted molar refractivity (Wildman–Crippen MR) is 137 cm³/mol. The largest absolute Gasteiger partial charge is 0.395 e. The highest BCUT2D eigenvalue weighted by Crippen LogP contribution is 2.06. The number of nitrogens with two attached hydrogens (primary N) is 1. The molecule has 7 N–H and O–H groups in total. The molecule has 2 aliphatic rings. The highest BCUT2D eigenvalue weighted by Gasteiger charge is 2.27. The molecule has 0 amide bonds. The minimum atomic E-state index is -3.84. The lowest BCUT2D eigenvalue weighted by molar-refractivity contribution is 0.0804. The van der Waals surface area contributed by atoms with E-state index in [2.05, 4.69) is 9.80 Å². The second-order valence-corrected chi connectivity index (χ2v) is 12.6. The van der Waals surface area contributed by atoms with Crippen LogP contribution in [0.3, 0.4) is 0 Å². The first kappa shape index (κ1) is 34.5. The van der Waals surface area contributed by atoms with Gasteiger partial charge in [-0.2, -0.15) is 16.8 Å². The number of piperazine rings is 2. The molecule has 0 unspecified atom stereocenters. The summed E-state index contributed by atoms with van der Waals surface area (Å²) < 4.78 is 58.0. The zero-order chi connectivity index (χ0) is 28.0. The van der Waals surface area contributed by atoms with Crippen molar-refractivity contribution in [3.8, 4) is 0 Å². The van der Waals surface area contributed by atoms with Gasteiger partial charge in [0, 0.05) is 78.5 Å². The molecule has 0 radical (unpaired) electrons. The van der Waals surface area contributed by atoms with Crippen LogP contribution in [0.2, 0.25) is 0 Å². The molecule has 0 aromatic carbocycles. The molecule has 2 rings (SSSR count). The van der Waals surface area contributed by atoms with E-state index >= 15 is 0 Å². The van der Waals surface area contributed by atoms with Gasteiger partial charge in [0.15, 0.2) is 0 Å². The molecule has 0 aliphatic carbocycles. The molecule has 17 heteroatoms. The van der Waals surface area contributed by atoms with Crippen molar-refractivity contribution in [3.05, 3.63) is 0 Å². The van der Waals surface area contributed by atoms with Crippen LogP contribution in [0, 0.1) is 0 Å². The Bertz CT molecular complexity index is 813. The minimum absolute atomic E-state index is 0.124. The third-order valence-corrected chi connectivity index (χ3v) is 8.10. The standard InChI is InChI=1S/C12H27N3O6S.C8H18N2O4S/c13-12(9-17,10-18)11-21-22(19,20)8-6-15-3-1-14(2-4-15)5-7-16;11-7-5-9-1-3-10(4-2-9)6-8-15(12,13)14/h16-18H,1-11,13H2;11H,1-8H2,(H,12,13,14). The number of β-amino-alcohol motifs (C(OH)–C–C–N with tert-alkyl or cyclic N) is 2. The molecular formula is C20H45N5O10S2. The van der Waals surface area contributed by atoms with Crippen LogP contribution < -0.4 is 5.73 Å². The Morgan fingerprint density at radius 1 is 0.649 bits per heavy atom. The molecule has 15 nitrogen and oxygen atoms in total. The summed E-state index contributed by atoms with van der Waals surface area (Å²) in [5.74, 6) is -0.368. The zero-order valence-electron chi connectivity index (χ0n) is 21.4. The van der Waals surface area contributed by atoms with E-state index in [-0.39, 0.29) is 24.7 Å². The minimum Gasteiger partial charge on any atom is -0.395 e. The molecule has 0 spiro atoms. The number of aliphatic hydroxyl groups excluding tert-OH is 4. The fourth-order valence-corrected chi connectivity index (χ4v) is 5.15. The van der Waals surface area contributed by atoms with Crippen LogP contribution >= 0.6 is 0 Å². The fourth-order valence-electron chi connectivity index (χ4n) is 3.65. The number of hydrogen-bond donors (Lipinski definition) is 6. The normalized spacial score (nSPS) is 19.5. The van der Waals surface area contributed by atoms with E-state index in [0.29, 0.717) is 26.2 Å². The molecule has 0 aromatic heterocycles. The van der Waals surface area contributed by atoms with E-state index in [1.54, 1.807) is 0 Å². The molecule has 2 fully saturated rings. The van der Waals surface area contributed by atoms with Crippen molar-refractivity contribution in [1.29, 1.82) is 0 Å². The van der Waals surface area contributed by atoms with E-state index < -0.39 is 45.6 Å². The third-order valence-electron chi connectivity index (χ3n) is 6.24. The van der Waals surface area contributed by atoms with E-state index in [0.717, 1.165) is 52.4 Å². The first-order valence-electron chi connectivity index (χ1n) is 12.3. The van der Waals surface area contributed by atoms with Crippen LogP contribution in [0.15, 0.2) is 0 Å². The molecule has 2 heterocycles. The Morgan fingerprint density at radius 3 is 1.32 bits per heavy atom. The van der Waals surface area contributed by atoms with Gasteiger partial charge in [-0.25, -0.2) is 0 Å². The van der Waals surface area contributed by atoms with Crippen LogP contribution in [0.4, 0.5) is 0 Å². The lowest BCUT2D eigenvalue weighted by Crippen LogP contribution is -2.52. The van der Waals surface area contributed by atoms with Crippen molar-refractivity contribution in [2.75, 3.05) is 123 Å². The summed E-state index contributed by atoms with van der Waals surface area (Å²) in [6.07, 6.45) is 0. The van der Waals surface area contributed by atoms with Crippen molar-refractivity contribution in [2.24, 2.45) is 5.73 Å². The predicted octanol–water partition coefficient (Wildman–Crippen LogP) is -4.89. The smallest absolute Gasteiger partial charge is 0.268 e. The summed E-state index contributed by atoms with van der Waals surface area (Å²) in [6, 6.07) is 0. The highest BCUT2D eigenvalue weighted by atomic mass is 32.2. The molecule has 0 saturated carbocycles. The summed E-state index contributed by atoms with van der Waals surface area (Å²) in [6.45, 7) is 7.06. The number of nitrogens with zero attached hydrogens (tertiary/aromatic N) is 4. The van der Waals surface area contributed by atoms with E-state index in [1.165, 1.54) is 0 Å². The zero-order valence-corrected chi connectivity index (χ0v) is 23.0. The van der Waals surface area contributed by atoms with Gasteiger partial charge in [0.25, 0.3) is 20.2 Å². The Kier molecular flexibility index (Phi) is 16.0. The van der Waals surface area contributed by atoms with Crippen molar-refractivity contribution in [1.82, 2.24) is 19.6 Å². The average molecular weight is 580 g/mol. The second kappa shape index (κ2) is 17.2. The molecule has 37 heavy (non-hydrogen) atoms. The van der Waals surface area contributed by atoms with Crippen LogP contribution in [0.25, 0.3) is 0 Å². The van der Waals surface area contributed by atoms with Gasteiger partial charge in [-0.1, -0.05) is 0 Å². The van der Waals surface area contributed by atoms with Crippen LogP contribution in [0.1, 0.15) is 0 Å². The van der Waals surface area contributed by atoms with Gasteiger partial charge in [-0.15, -0.1) is 0 Å². The lowest BCUT2D eigenvalue weighted by Gasteiger charge is -2.34. The van der Waals surface area contributed by atoms with Gasteiger partial charge in [-0.05, 0) is 0 Å². The van der Waals surface area contributed by atoms with Gasteiger partial charge in [0.1, 0.15) is 0 Å². The highest BCUT2D eigenvalue weighted by molar-refractivity contribution is 7.86. The summed E-state index contributed by atoms with van der Waals surface area (Å²) >= 11 is 0. The van der Waals surface area contributed by atoms with Crippen molar-refractivity contribution in [2.45, 2.75) is 5.54 Å². The third kappa shape index (κ3) is 15.6. The lowest BCUT2D eigenvalue weighted by atomic mass is 10.1. The second-order valence-electron chi connectivity index (χ2n) is 9.30. The SMILES string of the molecule is NC(CO)(CO)COS(=O)(=O)CCN1CCN(CCO)CC1.O=S(=O)(O)CCN1CCN(CCO)CC1. The first-order chi connectivity index (χ1) is 17.3. The van der Waals surface area contributed by atoms with Crippen LogP contribution in [-0.4, -0.2) is 190 Å². The topological polar surface area (TPSA) is 218 Å². The molecule has 2 aliphatic heterocycles. The molecular weight excluding hydrogens is 534 g/mol. The maximum atomic E-state index is 11.8. The summed E-state index contributed by atoms with van der Waals surface area (Å²) in [5, 5.41) is 35.6. The van der Waals surface area contributed by atoms with E-state index in [1.807, 2.05) is 9.80 Å². The molecule has 0 bridgehead atoms. The van der Waals surface area contributed by atoms with Crippen molar-refractivity contribution < 1.29 is 46.0 Å². The van der Waals surface area contributed by atoms with Crippen LogP contribution in [-0.2, 0) is 24.4 Å². The molecule has 0 aromatic rings. The molecule has 2 saturated heterocycles. The number of rotatable bonds is 15. The van der Waals surface area contributed by atoms with Crippen LogP contribution in [0.5, 0.6) is 0 Å². The van der Waals surface area contributed by atoms with E-state index in [9.17, 15) is 16.8 Å². The Balaban J connectivity index is 0.000000397. The van der Waals surface area contributed by atoms with Gasteiger partial charge in [-0.3, -0.25) is 28.3 Å². The Labute approximate surface area is 220 Å². The molecule has 0 atom stereocenters. The first-order valence-corrected chi connectivity index (χ1v) is 15.5. The van der Waals surface area contributed by atoms with Gasteiger partial charge < -0.3 is 26.2 Å². The number of hydrogen-bond acceptors (Lipinski definition) is 14. The van der Waals surface area contributed by atoms with Crippen molar-refractivity contribution >= 4 is 20.2 Å². The average Bonchev–Trinajstić information content (AvgIpc) is 2.87. The summed E-state index contributed by atoms with van der Waals surface area (Å²) in [5.41, 5.74) is 4.11. The monoisotopic (exact) mass is 579 g/mol. The van der Waals surface area contributed by atoms with Gasteiger partial charge in [0.2, 0.25) is 0 Å². The molecule has 222 valence electrons. The Morgan fingerprint density at radius 2 is 1.00 bits per heavy atom. The maximum Gasteiger partial charge on any atom is 0.268 e. The van der Waals surface area contributed by atoms with Gasteiger partial charge >= 0.3 is 0 Å². The fraction of sp³-hybridized carbons (Fsp3) is 1.00. The maximum absolute atomic E-state index is 11.8. The van der Waals surface area contributed by atoms with Gasteiger partial charge in [0.05, 0.1) is 50.1 Å². The summed E-state index contributed by atoms with van der Waals surface area (Å²) in [4.78, 5) is 8.26. The van der Waals surface area contributed by atoms with Crippen molar-refractivity contribution in [3.63, 3.8) is 0 Å². The number of aliphatic hydroxyl groups is 4. The quantitative estimate of drug-likeness (QED) is 0.0791. The van der Waals surface area contributed by atoms with E-state index in [4.69, 9.17) is 34.9 Å².